The van der Waals surface area contributed by atoms with E-state index in [1.165, 1.54) is 28.6 Å². The quantitative estimate of drug-likeness (QED) is 0.676. The molecular formula is C20H30N2O. The normalized spacial score (nSPS) is 11.3. The summed E-state index contributed by atoms with van der Waals surface area (Å²) in [4.78, 5) is 0. The molecule has 0 saturated carbocycles. The maximum atomic E-state index is 6.04. The van der Waals surface area contributed by atoms with Gasteiger partial charge in [0.1, 0.15) is 0 Å². The van der Waals surface area contributed by atoms with E-state index in [0.29, 0.717) is 5.70 Å². The van der Waals surface area contributed by atoms with Crippen LogP contribution in [0.25, 0.3) is 16.6 Å². The molecule has 0 aliphatic rings. The van der Waals surface area contributed by atoms with E-state index in [4.69, 9.17) is 10.5 Å². The van der Waals surface area contributed by atoms with E-state index < -0.39 is 0 Å². The monoisotopic (exact) mass is 314 g/mol. The van der Waals surface area contributed by atoms with E-state index in [1.807, 2.05) is 0 Å². The lowest BCUT2D eigenvalue weighted by Gasteiger charge is -2.10. The van der Waals surface area contributed by atoms with Crippen LogP contribution in [0.1, 0.15) is 49.4 Å². The molecule has 126 valence electrons. The number of nitrogens with two attached hydrogens (primary N) is 1. The first-order chi connectivity index (χ1) is 11.1. The number of hydrogen-bond donors (Lipinski definition) is 1. The van der Waals surface area contributed by atoms with E-state index >= 15 is 0 Å². The zero-order chi connectivity index (χ0) is 16.8. The summed E-state index contributed by atoms with van der Waals surface area (Å²) in [6.07, 6.45) is 4.58. The van der Waals surface area contributed by atoms with Crippen LogP contribution < -0.4 is 5.73 Å². The van der Waals surface area contributed by atoms with Crippen molar-refractivity contribution in [3.63, 3.8) is 0 Å². The summed E-state index contributed by atoms with van der Waals surface area (Å²) in [6, 6.07) is 6.41. The molecule has 1 aromatic heterocycles. The van der Waals surface area contributed by atoms with Gasteiger partial charge in [0, 0.05) is 42.1 Å². The smallest absolute Gasteiger partial charge is 0.0519 e. The van der Waals surface area contributed by atoms with Crippen molar-refractivity contribution in [2.45, 2.75) is 53.0 Å². The standard InChI is InChI=1S/C20H30N2O/c1-5-13-23-14-8-6-7-12-22-17(4)19(16(3)21)18-11-9-10-15(2)20(18)22/h9-11H,3,5-8,12-14,21H2,1-2,4H3. The number of fused-ring (bicyclic) bond motifs is 1. The number of nitrogens with zero attached hydrogens (tertiary/aromatic N) is 1. The highest BCUT2D eigenvalue weighted by Crippen LogP contribution is 2.31. The predicted octanol–water partition coefficient (Wildman–Crippen LogP) is 4.78. The SMILES string of the molecule is C=C(N)c1c(C)n(CCCCCOCCC)c2c(C)cccc12. The lowest BCUT2D eigenvalue weighted by atomic mass is 10.1. The molecule has 1 aromatic carbocycles. The number of para-hydroxylation sites is 1. The molecule has 0 aliphatic heterocycles. The van der Waals surface area contributed by atoms with Gasteiger partial charge in [-0.3, -0.25) is 0 Å². The average molecular weight is 314 g/mol. The highest BCUT2D eigenvalue weighted by molar-refractivity contribution is 5.95. The van der Waals surface area contributed by atoms with E-state index in [0.717, 1.165) is 44.6 Å². The second kappa shape index (κ2) is 8.21. The summed E-state index contributed by atoms with van der Waals surface area (Å²) >= 11 is 0. The molecule has 0 spiro atoms. The van der Waals surface area contributed by atoms with Crippen molar-refractivity contribution < 1.29 is 4.74 Å². The topological polar surface area (TPSA) is 40.2 Å². The van der Waals surface area contributed by atoms with Crippen LogP contribution in [-0.2, 0) is 11.3 Å². The van der Waals surface area contributed by atoms with Gasteiger partial charge in [0.15, 0.2) is 0 Å². The third kappa shape index (κ3) is 3.97. The highest BCUT2D eigenvalue weighted by atomic mass is 16.5. The first-order valence-electron chi connectivity index (χ1n) is 8.68. The predicted molar refractivity (Wildman–Crippen MR) is 99.6 cm³/mol. The van der Waals surface area contributed by atoms with Crippen molar-refractivity contribution in [1.29, 1.82) is 0 Å². The molecule has 0 amide bonds. The van der Waals surface area contributed by atoms with Gasteiger partial charge >= 0.3 is 0 Å². The number of benzene rings is 1. The highest BCUT2D eigenvalue weighted by Gasteiger charge is 2.15. The van der Waals surface area contributed by atoms with Gasteiger partial charge in [0.05, 0.1) is 5.52 Å². The van der Waals surface area contributed by atoms with Crippen molar-refractivity contribution in [3.05, 3.63) is 41.6 Å². The van der Waals surface area contributed by atoms with Crippen LogP contribution in [0.4, 0.5) is 0 Å². The molecule has 2 N–H and O–H groups in total. The molecule has 2 aromatic rings. The molecule has 3 nitrogen and oxygen atoms in total. The van der Waals surface area contributed by atoms with Gasteiger partial charge in [-0.05, 0) is 45.1 Å². The molecule has 0 fully saturated rings. The third-order valence-electron chi connectivity index (χ3n) is 4.38. The minimum absolute atomic E-state index is 0.657. The van der Waals surface area contributed by atoms with Gasteiger partial charge < -0.3 is 15.0 Å². The zero-order valence-electron chi connectivity index (χ0n) is 14.8. The summed E-state index contributed by atoms with van der Waals surface area (Å²) in [5.41, 5.74) is 11.6. The number of aryl methyl sites for hydroxylation is 2. The Hall–Kier alpha value is -1.74. The zero-order valence-corrected chi connectivity index (χ0v) is 14.8. The molecule has 0 radical (unpaired) electrons. The van der Waals surface area contributed by atoms with E-state index in [2.05, 4.69) is 50.1 Å². The molecule has 3 heteroatoms. The molecule has 0 atom stereocenters. The summed E-state index contributed by atoms with van der Waals surface area (Å²) in [6.45, 7) is 13.2. The van der Waals surface area contributed by atoms with E-state index in [9.17, 15) is 0 Å². The van der Waals surface area contributed by atoms with Crippen molar-refractivity contribution in [3.8, 4) is 0 Å². The second-order valence-electron chi connectivity index (χ2n) is 6.28. The summed E-state index contributed by atoms with van der Waals surface area (Å²) in [5, 5.41) is 1.22. The van der Waals surface area contributed by atoms with Crippen molar-refractivity contribution in [2.24, 2.45) is 5.73 Å². The maximum absolute atomic E-state index is 6.04. The summed E-state index contributed by atoms with van der Waals surface area (Å²) in [5.74, 6) is 0. The molecule has 2 rings (SSSR count). The van der Waals surface area contributed by atoms with E-state index in [1.54, 1.807) is 0 Å². The fourth-order valence-corrected chi connectivity index (χ4v) is 3.30. The Bertz CT molecular complexity index is 670. The average Bonchev–Trinajstić information content (AvgIpc) is 2.80. The summed E-state index contributed by atoms with van der Waals surface area (Å²) in [7, 11) is 0. The lowest BCUT2D eigenvalue weighted by Crippen LogP contribution is -2.04. The Morgan fingerprint density at radius 3 is 2.65 bits per heavy atom. The van der Waals surface area contributed by atoms with Gasteiger partial charge in [-0.15, -0.1) is 0 Å². The Kier molecular flexibility index (Phi) is 6.28. The summed E-state index contributed by atoms with van der Waals surface area (Å²) < 4.78 is 7.96. The van der Waals surface area contributed by atoms with Crippen LogP contribution in [0.15, 0.2) is 24.8 Å². The maximum Gasteiger partial charge on any atom is 0.0519 e. The van der Waals surface area contributed by atoms with Gasteiger partial charge in [0.2, 0.25) is 0 Å². The first kappa shape index (κ1) is 17.6. The first-order valence-corrected chi connectivity index (χ1v) is 8.68. The van der Waals surface area contributed by atoms with Crippen LogP contribution in [0.2, 0.25) is 0 Å². The Balaban J connectivity index is 2.11. The van der Waals surface area contributed by atoms with Crippen LogP contribution >= 0.6 is 0 Å². The van der Waals surface area contributed by atoms with Crippen molar-refractivity contribution in [1.82, 2.24) is 4.57 Å². The van der Waals surface area contributed by atoms with Gasteiger partial charge in [0.25, 0.3) is 0 Å². The Labute approximate surface area is 140 Å². The molecule has 0 saturated heterocycles. The molecular weight excluding hydrogens is 284 g/mol. The van der Waals surface area contributed by atoms with Crippen LogP contribution in [-0.4, -0.2) is 17.8 Å². The second-order valence-corrected chi connectivity index (χ2v) is 6.28. The number of aromatic nitrogens is 1. The Morgan fingerprint density at radius 1 is 1.17 bits per heavy atom. The molecule has 0 aliphatic carbocycles. The van der Waals surface area contributed by atoms with Gasteiger partial charge in [-0.25, -0.2) is 0 Å². The van der Waals surface area contributed by atoms with Crippen LogP contribution in [0.3, 0.4) is 0 Å². The van der Waals surface area contributed by atoms with Crippen LogP contribution in [0, 0.1) is 13.8 Å². The minimum Gasteiger partial charge on any atom is -0.399 e. The number of unbranched alkanes of at least 4 members (excludes halogenated alkanes) is 2. The fraction of sp³-hybridized carbons (Fsp3) is 0.500. The number of rotatable bonds is 9. The Morgan fingerprint density at radius 2 is 1.96 bits per heavy atom. The molecule has 23 heavy (non-hydrogen) atoms. The minimum atomic E-state index is 0.657. The molecule has 0 bridgehead atoms. The van der Waals surface area contributed by atoms with Gasteiger partial charge in [-0.2, -0.15) is 0 Å². The van der Waals surface area contributed by atoms with Crippen molar-refractivity contribution >= 4 is 16.6 Å². The van der Waals surface area contributed by atoms with Crippen LogP contribution in [0.5, 0.6) is 0 Å². The molecule has 0 unspecified atom stereocenters. The largest absolute Gasteiger partial charge is 0.399 e. The lowest BCUT2D eigenvalue weighted by molar-refractivity contribution is 0.130. The fourth-order valence-electron chi connectivity index (χ4n) is 3.30. The van der Waals surface area contributed by atoms with E-state index in [-0.39, 0.29) is 0 Å². The molecule has 1 heterocycles. The number of ether oxygens (including phenoxy) is 1. The van der Waals surface area contributed by atoms with Crippen molar-refractivity contribution in [2.75, 3.05) is 13.2 Å². The van der Waals surface area contributed by atoms with Gasteiger partial charge in [-0.1, -0.05) is 31.7 Å². The third-order valence-corrected chi connectivity index (χ3v) is 4.38. The number of hydrogen-bond acceptors (Lipinski definition) is 2.